The van der Waals surface area contributed by atoms with Crippen molar-refractivity contribution in [2.45, 2.75) is 0 Å². The highest BCUT2D eigenvalue weighted by molar-refractivity contribution is 6.39. The van der Waals surface area contributed by atoms with Gasteiger partial charge in [-0.05, 0) is 35.9 Å². The fourth-order valence-corrected chi connectivity index (χ4v) is 2.69. The average Bonchev–Trinajstić information content (AvgIpc) is 2.62. The van der Waals surface area contributed by atoms with Gasteiger partial charge in [-0.3, -0.25) is 14.9 Å². The van der Waals surface area contributed by atoms with Gasteiger partial charge in [-0.25, -0.2) is 9.69 Å². The topological polar surface area (TPSA) is 95.9 Å². The molecule has 0 aromatic heterocycles. The number of carbonyl (C=O) groups excluding carboxylic acids is 3. The van der Waals surface area contributed by atoms with Crippen LogP contribution < -0.4 is 15.0 Å². The summed E-state index contributed by atoms with van der Waals surface area (Å²) in [5, 5.41) is 11.9. The second-order valence-corrected chi connectivity index (χ2v) is 5.75. The molecule has 1 saturated heterocycles. The number of phenols is 1. The fourth-order valence-electron chi connectivity index (χ4n) is 2.47. The lowest BCUT2D eigenvalue weighted by atomic mass is 10.1. The summed E-state index contributed by atoms with van der Waals surface area (Å²) in [6.45, 7) is 0. The Morgan fingerprint density at radius 2 is 1.85 bits per heavy atom. The van der Waals surface area contributed by atoms with Crippen LogP contribution in [0.25, 0.3) is 6.08 Å². The van der Waals surface area contributed by atoms with E-state index in [0.717, 1.165) is 4.90 Å². The summed E-state index contributed by atoms with van der Waals surface area (Å²) in [6, 6.07) is 10.2. The zero-order valence-corrected chi connectivity index (χ0v) is 14.3. The van der Waals surface area contributed by atoms with Crippen molar-refractivity contribution in [2.24, 2.45) is 0 Å². The summed E-state index contributed by atoms with van der Waals surface area (Å²) < 4.78 is 5.00. The summed E-state index contributed by atoms with van der Waals surface area (Å²) in [6.07, 6.45) is 1.27. The highest BCUT2D eigenvalue weighted by Crippen LogP contribution is 2.35. The smallest absolute Gasteiger partial charge is 0.335 e. The van der Waals surface area contributed by atoms with E-state index < -0.39 is 17.8 Å². The molecule has 1 fully saturated rings. The maximum absolute atomic E-state index is 12.7. The number of amides is 4. The number of nitrogens with one attached hydrogen (secondary N) is 1. The van der Waals surface area contributed by atoms with Crippen molar-refractivity contribution in [1.82, 2.24) is 5.32 Å². The quantitative estimate of drug-likeness (QED) is 0.638. The van der Waals surface area contributed by atoms with Gasteiger partial charge in [0.25, 0.3) is 11.8 Å². The lowest BCUT2D eigenvalue weighted by Gasteiger charge is -2.26. The van der Waals surface area contributed by atoms with Gasteiger partial charge >= 0.3 is 6.03 Å². The molecule has 2 N–H and O–H groups in total. The number of nitrogens with zero attached hydrogens (tertiary/aromatic N) is 1. The minimum atomic E-state index is -0.829. The minimum Gasteiger partial charge on any atom is -0.503 e. The number of phenolic OH excluding ortho intramolecular Hbond substituents is 1. The lowest BCUT2D eigenvalue weighted by molar-refractivity contribution is -0.122. The van der Waals surface area contributed by atoms with Gasteiger partial charge in [0.2, 0.25) is 0 Å². The van der Waals surface area contributed by atoms with E-state index in [1.54, 1.807) is 30.3 Å². The SMILES string of the molecule is COc1cc(/C=C2\C(=O)NC(=O)N(c3ccccc3)C2=O)cc(Cl)c1O. The molecule has 2 aromatic carbocycles. The summed E-state index contributed by atoms with van der Waals surface area (Å²) in [7, 11) is 1.34. The number of methoxy groups -OCH3 is 1. The first-order valence-corrected chi connectivity index (χ1v) is 7.83. The number of rotatable bonds is 3. The monoisotopic (exact) mass is 372 g/mol. The van der Waals surface area contributed by atoms with Crippen LogP contribution in [-0.2, 0) is 9.59 Å². The van der Waals surface area contributed by atoms with Gasteiger partial charge in [0.15, 0.2) is 11.5 Å². The number of para-hydroxylation sites is 1. The highest BCUT2D eigenvalue weighted by atomic mass is 35.5. The normalized spacial score (nSPS) is 16.0. The van der Waals surface area contributed by atoms with Crippen molar-refractivity contribution in [3.63, 3.8) is 0 Å². The second-order valence-electron chi connectivity index (χ2n) is 5.35. The van der Waals surface area contributed by atoms with Crippen LogP contribution in [-0.4, -0.2) is 30.1 Å². The van der Waals surface area contributed by atoms with Crippen LogP contribution in [0.1, 0.15) is 5.56 Å². The van der Waals surface area contributed by atoms with Gasteiger partial charge in [-0.15, -0.1) is 0 Å². The molecular weight excluding hydrogens is 360 g/mol. The Balaban J connectivity index is 2.05. The average molecular weight is 373 g/mol. The first-order chi connectivity index (χ1) is 12.4. The molecule has 132 valence electrons. The molecule has 4 amide bonds. The Bertz CT molecular complexity index is 940. The third-order valence-electron chi connectivity index (χ3n) is 3.70. The van der Waals surface area contributed by atoms with E-state index in [-0.39, 0.29) is 22.1 Å². The molecule has 7 nitrogen and oxygen atoms in total. The second kappa shape index (κ2) is 6.89. The first kappa shape index (κ1) is 17.5. The van der Waals surface area contributed by atoms with E-state index in [0.29, 0.717) is 11.3 Å². The molecule has 0 radical (unpaired) electrons. The van der Waals surface area contributed by atoms with Crippen LogP contribution in [0.4, 0.5) is 10.5 Å². The Morgan fingerprint density at radius 1 is 1.15 bits per heavy atom. The van der Waals surface area contributed by atoms with Crippen LogP contribution >= 0.6 is 11.6 Å². The Labute approximate surface area is 153 Å². The predicted octanol–water partition coefficient (Wildman–Crippen LogP) is 2.72. The van der Waals surface area contributed by atoms with Crippen LogP contribution in [0.5, 0.6) is 11.5 Å². The number of ether oxygens (including phenoxy) is 1. The molecule has 0 saturated carbocycles. The Morgan fingerprint density at radius 3 is 2.50 bits per heavy atom. The largest absolute Gasteiger partial charge is 0.503 e. The molecule has 0 spiro atoms. The Hall–Kier alpha value is -3.32. The highest BCUT2D eigenvalue weighted by Gasteiger charge is 2.36. The molecule has 3 rings (SSSR count). The van der Waals surface area contributed by atoms with Crippen molar-refractivity contribution >= 4 is 41.2 Å². The predicted molar refractivity (Wildman–Crippen MR) is 95.1 cm³/mol. The van der Waals surface area contributed by atoms with Gasteiger partial charge in [0.1, 0.15) is 5.57 Å². The van der Waals surface area contributed by atoms with Crippen LogP contribution in [0.2, 0.25) is 5.02 Å². The molecule has 2 aromatic rings. The summed E-state index contributed by atoms with van der Waals surface area (Å²) in [4.78, 5) is 37.8. The van der Waals surface area contributed by atoms with Crippen LogP contribution in [0.15, 0.2) is 48.0 Å². The number of halogens is 1. The molecule has 1 aliphatic heterocycles. The van der Waals surface area contributed by atoms with Gasteiger partial charge in [-0.2, -0.15) is 0 Å². The number of aromatic hydroxyl groups is 1. The number of hydrogen-bond acceptors (Lipinski definition) is 5. The maximum Gasteiger partial charge on any atom is 0.335 e. The zero-order valence-electron chi connectivity index (χ0n) is 13.5. The fraction of sp³-hybridized carbons (Fsp3) is 0.0556. The van der Waals surface area contributed by atoms with E-state index in [1.807, 2.05) is 0 Å². The van der Waals surface area contributed by atoms with Gasteiger partial charge in [0, 0.05) is 0 Å². The first-order valence-electron chi connectivity index (χ1n) is 7.45. The molecule has 26 heavy (non-hydrogen) atoms. The number of hydrogen-bond donors (Lipinski definition) is 2. The molecule has 0 aliphatic carbocycles. The van der Waals surface area contributed by atoms with Crippen molar-refractivity contribution in [3.05, 3.63) is 58.6 Å². The standard InChI is InChI=1S/C18H13ClN2O5/c1-26-14-9-10(8-13(19)15(14)22)7-12-16(23)20-18(25)21(17(12)24)11-5-3-2-4-6-11/h2-9,22H,1H3,(H,20,23,25)/b12-7+. The summed E-state index contributed by atoms with van der Waals surface area (Å²) in [5.41, 5.74) is 0.428. The minimum absolute atomic E-state index is 0.00383. The van der Waals surface area contributed by atoms with E-state index in [2.05, 4.69) is 5.32 Å². The van der Waals surface area contributed by atoms with Crippen LogP contribution in [0.3, 0.4) is 0 Å². The van der Waals surface area contributed by atoms with Crippen molar-refractivity contribution in [1.29, 1.82) is 0 Å². The number of carbonyl (C=O) groups is 3. The Kier molecular flexibility index (Phi) is 4.64. The van der Waals surface area contributed by atoms with E-state index in [4.69, 9.17) is 16.3 Å². The van der Waals surface area contributed by atoms with Gasteiger partial charge < -0.3 is 9.84 Å². The van der Waals surface area contributed by atoms with Crippen LogP contribution in [0, 0.1) is 0 Å². The molecule has 1 heterocycles. The number of barbiturate groups is 1. The maximum atomic E-state index is 12.7. The molecule has 8 heteroatoms. The molecule has 1 aliphatic rings. The van der Waals surface area contributed by atoms with Crippen molar-refractivity contribution in [3.8, 4) is 11.5 Å². The van der Waals surface area contributed by atoms with E-state index >= 15 is 0 Å². The molecular formula is C18H13ClN2O5. The lowest BCUT2D eigenvalue weighted by Crippen LogP contribution is -2.54. The number of urea groups is 1. The number of imide groups is 2. The summed E-state index contributed by atoms with van der Waals surface area (Å²) in [5.74, 6) is -1.76. The van der Waals surface area contributed by atoms with E-state index in [9.17, 15) is 19.5 Å². The van der Waals surface area contributed by atoms with Crippen molar-refractivity contribution in [2.75, 3.05) is 12.0 Å². The molecule has 0 bridgehead atoms. The third kappa shape index (κ3) is 3.12. The zero-order chi connectivity index (χ0) is 18.8. The summed E-state index contributed by atoms with van der Waals surface area (Å²) >= 11 is 5.93. The number of anilines is 1. The molecule has 0 unspecified atom stereocenters. The number of benzene rings is 2. The third-order valence-corrected chi connectivity index (χ3v) is 3.99. The van der Waals surface area contributed by atoms with Crippen molar-refractivity contribution < 1.29 is 24.2 Å². The van der Waals surface area contributed by atoms with E-state index in [1.165, 1.54) is 25.3 Å². The molecule has 0 atom stereocenters. The van der Waals surface area contributed by atoms with Gasteiger partial charge in [-0.1, -0.05) is 29.8 Å². The van der Waals surface area contributed by atoms with Gasteiger partial charge in [0.05, 0.1) is 17.8 Å².